The Balaban J connectivity index is 1.37. The lowest BCUT2D eigenvalue weighted by molar-refractivity contribution is -0.145. The first-order valence-corrected chi connectivity index (χ1v) is 13.7. The van der Waals surface area contributed by atoms with Crippen molar-refractivity contribution in [2.45, 2.75) is 63.4 Å². The third-order valence-electron chi connectivity index (χ3n) is 8.72. The van der Waals surface area contributed by atoms with Crippen molar-refractivity contribution in [2.75, 3.05) is 6.61 Å². The van der Waals surface area contributed by atoms with Gasteiger partial charge in [-0.05, 0) is 87.1 Å². The van der Waals surface area contributed by atoms with Crippen molar-refractivity contribution in [3.63, 3.8) is 0 Å². The minimum Gasteiger partial charge on any atom is -0.461 e. The average molecular weight is 558 g/mol. The number of fused-ring (bicyclic) bond motifs is 2. The Morgan fingerprint density at radius 3 is 2.75 bits per heavy atom. The molecule has 0 spiro atoms. The first-order valence-electron chi connectivity index (χ1n) is 13.7. The number of ether oxygens (including phenoxy) is 2. The fraction of sp³-hybridized carbons (Fsp3) is 0.500. The number of esters is 1. The molecular weight excluding hydrogens is 523 g/mol. The summed E-state index contributed by atoms with van der Waals surface area (Å²) < 4.78 is 50.1. The van der Waals surface area contributed by atoms with E-state index >= 15 is 0 Å². The van der Waals surface area contributed by atoms with E-state index in [-0.39, 0.29) is 41.8 Å². The zero-order valence-corrected chi connectivity index (χ0v) is 22.5. The van der Waals surface area contributed by atoms with Crippen LogP contribution < -0.4 is 11.1 Å². The molecule has 1 amide bonds. The van der Waals surface area contributed by atoms with E-state index < -0.39 is 23.4 Å². The van der Waals surface area contributed by atoms with Crippen LogP contribution in [0, 0.1) is 23.7 Å². The van der Waals surface area contributed by atoms with E-state index in [9.17, 15) is 22.8 Å². The predicted octanol–water partition coefficient (Wildman–Crippen LogP) is 5.59. The summed E-state index contributed by atoms with van der Waals surface area (Å²) in [6.07, 6.45) is 3.17. The molecule has 0 unspecified atom stereocenters. The number of nitrogens with one attached hydrogen (secondary N) is 1. The summed E-state index contributed by atoms with van der Waals surface area (Å²) in [6, 6.07) is 8.62. The number of carbonyl (C=O) groups excluding carboxylic acids is 2. The zero-order chi connectivity index (χ0) is 28.7. The highest BCUT2D eigenvalue weighted by molar-refractivity contribution is 5.84. The number of nitrogens with zero attached hydrogens (tertiary/aromatic N) is 1. The van der Waals surface area contributed by atoms with Crippen molar-refractivity contribution in [1.29, 1.82) is 0 Å². The Bertz CT molecular complexity index is 1280. The Hall–Kier alpha value is -3.40. The van der Waals surface area contributed by atoms with Crippen molar-refractivity contribution in [1.82, 2.24) is 10.3 Å². The van der Waals surface area contributed by atoms with Gasteiger partial charge >= 0.3 is 18.2 Å². The van der Waals surface area contributed by atoms with Crippen molar-refractivity contribution < 1.29 is 32.2 Å². The molecule has 2 heterocycles. The monoisotopic (exact) mass is 557 g/mol. The van der Waals surface area contributed by atoms with Gasteiger partial charge in [0.05, 0.1) is 17.9 Å². The predicted molar refractivity (Wildman–Crippen MR) is 143 cm³/mol. The quantitative estimate of drug-likeness (QED) is 0.465. The average Bonchev–Trinajstić information content (AvgIpc) is 3.13. The van der Waals surface area contributed by atoms with Crippen LogP contribution in [0.25, 0.3) is 17.2 Å². The second-order valence-corrected chi connectivity index (χ2v) is 11.2. The maximum atomic E-state index is 13.1. The van der Waals surface area contributed by atoms with Crippen LogP contribution in [0.2, 0.25) is 0 Å². The molecule has 3 N–H and O–H groups in total. The number of halogens is 3. The van der Waals surface area contributed by atoms with E-state index in [1.54, 1.807) is 31.3 Å². The van der Waals surface area contributed by atoms with Crippen LogP contribution >= 0.6 is 0 Å². The number of amides is 1. The molecule has 1 aromatic carbocycles. The number of rotatable bonds is 5. The molecule has 3 aliphatic rings. The Kier molecular flexibility index (Phi) is 7.65. The van der Waals surface area contributed by atoms with Crippen LogP contribution in [0.5, 0.6) is 0 Å². The summed E-state index contributed by atoms with van der Waals surface area (Å²) in [5, 5.41) is 2.94. The summed E-state index contributed by atoms with van der Waals surface area (Å²) in [6.45, 7) is 3.94. The highest BCUT2D eigenvalue weighted by Gasteiger charge is 2.62. The molecule has 0 radical (unpaired) electrons. The van der Waals surface area contributed by atoms with Gasteiger partial charge in [-0.3, -0.25) is 9.78 Å². The second kappa shape index (κ2) is 10.9. The fourth-order valence-electron chi connectivity index (χ4n) is 7.00. The Morgan fingerprint density at radius 1 is 1.25 bits per heavy atom. The molecule has 7 nitrogen and oxygen atoms in total. The molecule has 2 saturated carbocycles. The first kappa shape index (κ1) is 28.1. The molecule has 7 atom stereocenters. The van der Waals surface area contributed by atoms with E-state index in [0.717, 1.165) is 25.0 Å². The summed E-state index contributed by atoms with van der Waals surface area (Å²) in [5.41, 5.74) is 6.62. The number of benzene rings is 1. The van der Waals surface area contributed by atoms with Crippen LogP contribution in [-0.2, 0) is 20.4 Å². The molecular formula is C30H34F3N3O4. The lowest BCUT2D eigenvalue weighted by Crippen LogP contribution is -2.61. The van der Waals surface area contributed by atoms with Gasteiger partial charge in [-0.2, -0.15) is 13.2 Å². The molecule has 10 heteroatoms. The van der Waals surface area contributed by atoms with Gasteiger partial charge in [-0.15, -0.1) is 0 Å². The maximum absolute atomic E-state index is 13.1. The van der Waals surface area contributed by atoms with E-state index in [2.05, 4.69) is 16.4 Å². The molecule has 1 aromatic heterocycles. The number of hydrogen-bond acceptors (Lipinski definition) is 6. The van der Waals surface area contributed by atoms with Gasteiger partial charge < -0.3 is 20.5 Å². The smallest absolute Gasteiger partial charge is 0.416 e. The number of alkyl carbamates (subject to hydrolysis) is 1. The Labute approximate surface area is 231 Å². The number of hydrogen-bond donors (Lipinski definition) is 2. The highest BCUT2D eigenvalue weighted by Crippen LogP contribution is 2.54. The molecule has 1 saturated heterocycles. The minimum absolute atomic E-state index is 0.0429. The van der Waals surface area contributed by atoms with Gasteiger partial charge in [-0.25, -0.2) is 4.79 Å². The fourth-order valence-corrected chi connectivity index (χ4v) is 7.00. The number of alkyl halides is 3. The van der Waals surface area contributed by atoms with Crippen molar-refractivity contribution >= 4 is 18.1 Å². The summed E-state index contributed by atoms with van der Waals surface area (Å²) >= 11 is 0. The van der Waals surface area contributed by atoms with Crippen LogP contribution in [0.15, 0.2) is 48.7 Å². The van der Waals surface area contributed by atoms with E-state index in [0.29, 0.717) is 36.3 Å². The summed E-state index contributed by atoms with van der Waals surface area (Å²) in [7, 11) is 0. The number of cyclic esters (lactones) is 1. The minimum atomic E-state index is -4.42. The van der Waals surface area contributed by atoms with Crippen LogP contribution in [0.3, 0.4) is 0 Å². The summed E-state index contributed by atoms with van der Waals surface area (Å²) in [5.74, 6) is -0.258. The van der Waals surface area contributed by atoms with E-state index in [4.69, 9.17) is 15.2 Å². The number of allylic oxidation sites excluding steroid dienone is 1. The molecule has 2 aromatic rings. The third-order valence-corrected chi connectivity index (χ3v) is 8.72. The molecule has 2 aliphatic carbocycles. The van der Waals surface area contributed by atoms with Crippen LogP contribution in [0.4, 0.5) is 18.0 Å². The van der Waals surface area contributed by atoms with Gasteiger partial charge in [0.15, 0.2) is 0 Å². The number of nitrogens with two attached hydrogens (primary N) is 1. The normalized spacial score (nSPS) is 31.8. The SMILES string of the molecule is CCOC(=O)N[C@@H]1CC[C@@H]2[C@@H](C1)C[C@@]1(N)C(=O)O[C@H](C)[C@H]1[C@H]2/C=C/c1ccc(-c2cccc(C(F)(F)F)c2)cn1. The summed E-state index contributed by atoms with van der Waals surface area (Å²) in [4.78, 5) is 29.4. The molecule has 214 valence electrons. The van der Waals surface area contributed by atoms with E-state index in [1.165, 1.54) is 6.07 Å². The second-order valence-electron chi connectivity index (χ2n) is 11.2. The topological polar surface area (TPSA) is 104 Å². The van der Waals surface area contributed by atoms with Gasteiger partial charge in [0.1, 0.15) is 11.6 Å². The van der Waals surface area contributed by atoms with Gasteiger partial charge in [0.2, 0.25) is 0 Å². The number of aromatic nitrogens is 1. The zero-order valence-electron chi connectivity index (χ0n) is 22.5. The molecule has 40 heavy (non-hydrogen) atoms. The lowest BCUT2D eigenvalue weighted by atomic mass is 9.54. The van der Waals surface area contributed by atoms with Crippen LogP contribution in [-0.4, -0.2) is 41.3 Å². The largest absolute Gasteiger partial charge is 0.461 e. The standard InChI is InChI=1S/C30H34F3N3O4/c1-3-39-28(38)36-23-10-11-24-20(14-23)15-29(34)26(17(2)40-27(29)37)25(24)12-9-22-8-7-19(16-35-22)18-5-4-6-21(13-18)30(31,32)33/h4-9,12-13,16-17,20,23-26H,3,10-11,14-15,34H2,1-2H3,(H,36,38)/b12-9+/t17-,20+,23-,24-,25+,26+,29+/m1/s1. The number of carbonyl (C=O) groups is 2. The van der Waals surface area contributed by atoms with Crippen molar-refractivity contribution in [3.05, 3.63) is 59.9 Å². The maximum Gasteiger partial charge on any atom is 0.416 e. The van der Waals surface area contributed by atoms with Gasteiger partial charge in [0.25, 0.3) is 0 Å². The van der Waals surface area contributed by atoms with Crippen molar-refractivity contribution in [2.24, 2.45) is 29.4 Å². The number of pyridine rings is 1. The van der Waals surface area contributed by atoms with Crippen LogP contribution in [0.1, 0.15) is 50.8 Å². The molecule has 1 aliphatic heterocycles. The third kappa shape index (κ3) is 5.46. The first-order chi connectivity index (χ1) is 19.0. The molecule has 0 bridgehead atoms. The molecule has 3 fully saturated rings. The van der Waals surface area contributed by atoms with Crippen molar-refractivity contribution in [3.8, 4) is 11.1 Å². The van der Waals surface area contributed by atoms with Gasteiger partial charge in [-0.1, -0.05) is 24.3 Å². The van der Waals surface area contributed by atoms with E-state index in [1.807, 2.05) is 13.0 Å². The Morgan fingerprint density at radius 2 is 2.05 bits per heavy atom. The van der Waals surface area contributed by atoms with Gasteiger partial charge in [0, 0.05) is 23.7 Å². The highest BCUT2D eigenvalue weighted by atomic mass is 19.4. The lowest BCUT2D eigenvalue weighted by Gasteiger charge is -2.50. The molecule has 5 rings (SSSR count).